The van der Waals surface area contributed by atoms with E-state index in [-0.39, 0.29) is 29.1 Å². The second kappa shape index (κ2) is 7.36. The lowest BCUT2D eigenvalue weighted by Crippen LogP contribution is -2.61. The Kier molecular flexibility index (Phi) is 5.70. The van der Waals surface area contributed by atoms with E-state index in [1.807, 2.05) is 50.4 Å². The van der Waals surface area contributed by atoms with Crippen LogP contribution >= 0.6 is 11.8 Å². The van der Waals surface area contributed by atoms with Crippen LogP contribution in [0.3, 0.4) is 0 Å². The average Bonchev–Trinajstić information content (AvgIpc) is 2.53. The van der Waals surface area contributed by atoms with E-state index in [2.05, 4.69) is 5.32 Å². The fraction of sp³-hybridized carbons (Fsp3) is 0.529. The van der Waals surface area contributed by atoms with Crippen molar-refractivity contribution in [2.75, 3.05) is 19.3 Å². The lowest BCUT2D eigenvalue weighted by atomic mass is 10.00. The number of thioether (sulfide) groups is 1. The van der Waals surface area contributed by atoms with Crippen LogP contribution in [0.25, 0.3) is 0 Å². The van der Waals surface area contributed by atoms with E-state index in [9.17, 15) is 9.59 Å². The summed E-state index contributed by atoms with van der Waals surface area (Å²) in [6, 6.07) is 9.25. The first-order valence-corrected chi connectivity index (χ1v) is 8.99. The van der Waals surface area contributed by atoms with Gasteiger partial charge in [-0.05, 0) is 32.1 Å². The molecule has 0 spiro atoms. The predicted molar refractivity (Wildman–Crippen MR) is 94.2 cm³/mol. The van der Waals surface area contributed by atoms with Crippen molar-refractivity contribution >= 4 is 23.6 Å². The summed E-state index contributed by atoms with van der Waals surface area (Å²) in [6.07, 6.45) is 2.64. The predicted octanol–water partition coefficient (Wildman–Crippen LogP) is 1.03. The Hall–Kier alpha value is -1.53. The summed E-state index contributed by atoms with van der Waals surface area (Å²) < 4.78 is -0.361. The molecule has 2 rings (SSSR count). The molecule has 0 unspecified atom stereocenters. The van der Waals surface area contributed by atoms with Gasteiger partial charge in [0.2, 0.25) is 11.8 Å². The Labute approximate surface area is 142 Å². The lowest BCUT2D eigenvalue weighted by Gasteiger charge is -2.37. The molecular formula is C17H25N3O2S. The highest BCUT2D eigenvalue weighted by molar-refractivity contribution is 8.00. The number of hydrogen-bond acceptors (Lipinski definition) is 4. The summed E-state index contributed by atoms with van der Waals surface area (Å²) in [5, 5.41) is 2.96. The van der Waals surface area contributed by atoms with Crippen LogP contribution < -0.4 is 11.1 Å². The first-order valence-electron chi connectivity index (χ1n) is 7.76. The SMILES string of the molecule is CSC(C)(C)[C@H](N)C(=O)N1CC(=O)N[C@@H](Cc2ccccc2)C1. The van der Waals surface area contributed by atoms with Crippen LogP contribution in [0.5, 0.6) is 0 Å². The molecule has 3 N–H and O–H groups in total. The standard InChI is InChI=1S/C17H25N3O2S/c1-17(2,23-3)15(18)16(22)20-10-13(19-14(21)11-20)9-12-7-5-4-6-8-12/h4-8,13,15H,9-11,18H2,1-3H3,(H,19,21)/t13-,15+/m0/s1. The molecule has 2 amide bonds. The van der Waals surface area contributed by atoms with Crippen LogP contribution in [0.15, 0.2) is 30.3 Å². The maximum Gasteiger partial charge on any atom is 0.241 e. The number of nitrogens with one attached hydrogen (secondary N) is 1. The summed E-state index contributed by atoms with van der Waals surface area (Å²) >= 11 is 1.56. The van der Waals surface area contributed by atoms with Gasteiger partial charge in [-0.2, -0.15) is 11.8 Å². The third-order valence-electron chi connectivity index (χ3n) is 4.32. The molecule has 1 aliphatic rings. The van der Waals surface area contributed by atoms with Crippen LogP contribution in [0, 0.1) is 0 Å². The molecule has 0 bridgehead atoms. The fourth-order valence-electron chi connectivity index (χ4n) is 2.63. The Morgan fingerprint density at radius 2 is 2.09 bits per heavy atom. The van der Waals surface area contributed by atoms with Crippen molar-refractivity contribution in [3.8, 4) is 0 Å². The topological polar surface area (TPSA) is 75.4 Å². The molecule has 1 saturated heterocycles. The van der Waals surface area contributed by atoms with Gasteiger partial charge in [0, 0.05) is 11.3 Å². The van der Waals surface area contributed by atoms with E-state index in [1.165, 1.54) is 0 Å². The van der Waals surface area contributed by atoms with E-state index >= 15 is 0 Å². The highest BCUT2D eigenvalue weighted by atomic mass is 32.2. The summed E-state index contributed by atoms with van der Waals surface area (Å²) in [5.74, 6) is -0.281. The minimum Gasteiger partial charge on any atom is -0.350 e. The molecule has 23 heavy (non-hydrogen) atoms. The number of piperazine rings is 1. The minimum atomic E-state index is -0.624. The van der Waals surface area contributed by atoms with Crippen molar-refractivity contribution in [3.05, 3.63) is 35.9 Å². The zero-order valence-electron chi connectivity index (χ0n) is 13.9. The molecule has 126 valence electrons. The lowest BCUT2D eigenvalue weighted by molar-refractivity contribution is -0.140. The Balaban J connectivity index is 2.05. The normalized spacial score (nSPS) is 20.1. The second-order valence-electron chi connectivity index (χ2n) is 6.46. The Morgan fingerprint density at radius 3 is 2.70 bits per heavy atom. The van der Waals surface area contributed by atoms with Gasteiger partial charge in [0.05, 0.1) is 18.6 Å². The third kappa shape index (κ3) is 4.48. The number of carbonyl (C=O) groups is 2. The van der Waals surface area contributed by atoms with E-state index in [4.69, 9.17) is 5.73 Å². The van der Waals surface area contributed by atoms with Gasteiger partial charge < -0.3 is 16.0 Å². The molecule has 0 aromatic heterocycles. The number of nitrogens with zero attached hydrogens (tertiary/aromatic N) is 1. The summed E-state index contributed by atoms with van der Waals surface area (Å²) in [4.78, 5) is 26.2. The van der Waals surface area contributed by atoms with Crippen LogP contribution in [-0.2, 0) is 16.0 Å². The van der Waals surface area contributed by atoms with Crippen molar-refractivity contribution in [1.29, 1.82) is 0 Å². The molecule has 0 aliphatic carbocycles. The first kappa shape index (κ1) is 17.8. The average molecular weight is 335 g/mol. The smallest absolute Gasteiger partial charge is 0.241 e. The first-order chi connectivity index (χ1) is 10.8. The number of benzene rings is 1. The fourth-order valence-corrected chi connectivity index (χ4v) is 2.98. The van der Waals surface area contributed by atoms with Crippen LogP contribution in [0.4, 0.5) is 0 Å². The van der Waals surface area contributed by atoms with Crippen molar-refractivity contribution in [2.45, 2.75) is 37.1 Å². The van der Waals surface area contributed by atoms with Gasteiger partial charge >= 0.3 is 0 Å². The highest BCUT2D eigenvalue weighted by Crippen LogP contribution is 2.25. The zero-order valence-corrected chi connectivity index (χ0v) is 14.7. The second-order valence-corrected chi connectivity index (χ2v) is 7.92. The molecule has 5 nitrogen and oxygen atoms in total. The minimum absolute atomic E-state index is 0.0767. The Bertz CT molecular complexity index is 562. The number of nitrogens with two attached hydrogens (primary N) is 1. The van der Waals surface area contributed by atoms with E-state index < -0.39 is 6.04 Å². The molecule has 2 atom stereocenters. The molecule has 6 heteroatoms. The quantitative estimate of drug-likeness (QED) is 0.843. The van der Waals surface area contributed by atoms with E-state index in [0.717, 1.165) is 5.56 Å². The summed E-state index contributed by atoms with van der Waals surface area (Å²) in [5.41, 5.74) is 7.28. The Morgan fingerprint density at radius 1 is 1.43 bits per heavy atom. The molecule has 1 aromatic rings. The van der Waals surface area contributed by atoms with Crippen molar-refractivity contribution in [3.63, 3.8) is 0 Å². The zero-order chi connectivity index (χ0) is 17.0. The van der Waals surface area contributed by atoms with Crippen LogP contribution in [0.2, 0.25) is 0 Å². The maximum absolute atomic E-state index is 12.7. The van der Waals surface area contributed by atoms with Gasteiger partial charge in [0.1, 0.15) is 0 Å². The molecule has 1 fully saturated rings. The molecule has 0 saturated carbocycles. The molecule has 1 aromatic carbocycles. The van der Waals surface area contributed by atoms with Gasteiger partial charge in [-0.1, -0.05) is 30.3 Å². The third-order valence-corrected chi connectivity index (χ3v) is 5.62. The molecule has 1 heterocycles. The van der Waals surface area contributed by atoms with Gasteiger partial charge in [-0.15, -0.1) is 0 Å². The molecular weight excluding hydrogens is 310 g/mol. The summed E-state index contributed by atoms with van der Waals surface area (Å²) in [7, 11) is 0. The maximum atomic E-state index is 12.7. The van der Waals surface area contributed by atoms with Gasteiger partial charge in [0.25, 0.3) is 0 Å². The number of carbonyl (C=O) groups excluding carboxylic acids is 2. The van der Waals surface area contributed by atoms with Crippen molar-refractivity contribution < 1.29 is 9.59 Å². The summed E-state index contributed by atoms with van der Waals surface area (Å²) in [6.45, 7) is 4.48. The number of amides is 2. The van der Waals surface area contributed by atoms with Crippen LogP contribution in [-0.4, -0.2) is 52.9 Å². The van der Waals surface area contributed by atoms with E-state index in [0.29, 0.717) is 13.0 Å². The molecule has 0 radical (unpaired) electrons. The van der Waals surface area contributed by atoms with Crippen molar-refractivity contribution in [1.82, 2.24) is 10.2 Å². The highest BCUT2D eigenvalue weighted by Gasteiger charge is 2.37. The van der Waals surface area contributed by atoms with Gasteiger partial charge in [-0.25, -0.2) is 0 Å². The van der Waals surface area contributed by atoms with Crippen LogP contribution in [0.1, 0.15) is 19.4 Å². The van der Waals surface area contributed by atoms with E-state index in [1.54, 1.807) is 16.7 Å². The number of hydrogen-bond donors (Lipinski definition) is 2. The van der Waals surface area contributed by atoms with Crippen molar-refractivity contribution in [2.24, 2.45) is 5.73 Å². The number of rotatable bonds is 5. The van der Waals surface area contributed by atoms with Gasteiger partial charge in [0.15, 0.2) is 0 Å². The van der Waals surface area contributed by atoms with Gasteiger partial charge in [-0.3, -0.25) is 9.59 Å². The molecule has 1 aliphatic heterocycles. The monoisotopic (exact) mass is 335 g/mol. The largest absolute Gasteiger partial charge is 0.350 e.